The van der Waals surface area contributed by atoms with Gasteiger partial charge in [0, 0.05) is 23.3 Å². The van der Waals surface area contributed by atoms with Gasteiger partial charge in [-0.25, -0.2) is 4.79 Å². The van der Waals surface area contributed by atoms with E-state index in [4.69, 9.17) is 9.15 Å². The molecule has 6 heteroatoms. The molecule has 1 heterocycles. The summed E-state index contributed by atoms with van der Waals surface area (Å²) in [6, 6.07) is 5.80. The molecule has 0 radical (unpaired) electrons. The zero-order valence-corrected chi connectivity index (χ0v) is 11.3. The highest BCUT2D eigenvalue weighted by Crippen LogP contribution is 2.31. The SMILES string of the molecule is COc1c(C)c(-c2ccc([N+](=O)[O-])cc2)oc(=O)c1C. The van der Waals surface area contributed by atoms with E-state index in [9.17, 15) is 14.9 Å². The number of hydrogen-bond donors (Lipinski definition) is 0. The third-order valence-electron chi connectivity index (χ3n) is 3.07. The molecule has 104 valence electrons. The largest absolute Gasteiger partial charge is 0.496 e. The maximum atomic E-state index is 11.8. The molecule has 0 fully saturated rings. The fourth-order valence-corrected chi connectivity index (χ4v) is 2.04. The molecule has 0 saturated carbocycles. The van der Waals surface area contributed by atoms with Crippen LogP contribution in [0.25, 0.3) is 11.3 Å². The smallest absolute Gasteiger partial charge is 0.342 e. The summed E-state index contributed by atoms with van der Waals surface area (Å²) in [5.41, 5.74) is 1.16. The summed E-state index contributed by atoms with van der Waals surface area (Å²) in [4.78, 5) is 21.9. The minimum Gasteiger partial charge on any atom is -0.496 e. The van der Waals surface area contributed by atoms with Crippen LogP contribution in [0.2, 0.25) is 0 Å². The van der Waals surface area contributed by atoms with Gasteiger partial charge in [-0.3, -0.25) is 10.1 Å². The van der Waals surface area contributed by atoms with Crippen LogP contribution in [-0.2, 0) is 0 Å². The van der Waals surface area contributed by atoms with Gasteiger partial charge in [0.1, 0.15) is 11.5 Å². The highest BCUT2D eigenvalue weighted by Gasteiger charge is 2.16. The Kier molecular flexibility index (Phi) is 3.56. The fourth-order valence-electron chi connectivity index (χ4n) is 2.04. The molecule has 0 unspecified atom stereocenters. The summed E-state index contributed by atoms with van der Waals surface area (Å²) >= 11 is 0. The number of methoxy groups -OCH3 is 1. The van der Waals surface area contributed by atoms with Gasteiger partial charge in [-0.2, -0.15) is 0 Å². The van der Waals surface area contributed by atoms with E-state index in [0.717, 1.165) is 0 Å². The fraction of sp³-hybridized carbons (Fsp3) is 0.214. The summed E-state index contributed by atoms with van der Waals surface area (Å²) in [6.07, 6.45) is 0. The predicted molar refractivity (Wildman–Crippen MR) is 73.1 cm³/mol. The van der Waals surface area contributed by atoms with Crippen LogP contribution in [0.5, 0.6) is 5.75 Å². The van der Waals surface area contributed by atoms with Gasteiger partial charge < -0.3 is 9.15 Å². The van der Waals surface area contributed by atoms with Crippen molar-refractivity contribution in [3.8, 4) is 17.1 Å². The van der Waals surface area contributed by atoms with Crippen molar-refractivity contribution >= 4 is 5.69 Å². The Hall–Kier alpha value is -2.63. The van der Waals surface area contributed by atoms with Crippen molar-refractivity contribution in [2.45, 2.75) is 13.8 Å². The summed E-state index contributed by atoms with van der Waals surface area (Å²) in [5, 5.41) is 10.6. The van der Waals surface area contributed by atoms with E-state index in [1.165, 1.54) is 31.4 Å². The van der Waals surface area contributed by atoms with Crippen molar-refractivity contribution in [2.24, 2.45) is 0 Å². The Morgan fingerprint density at radius 3 is 2.25 bits per heavy atom. The Balaban J connectivity index is 2.61. The minimum atomic E-state index is -0.485. The van der Waals surface area contributed by atoms with Gasteiger partial charge in [0.25, 0.3) is 5.69 Å². The summed E-state index contributed by atoms with van der Waals surface area (Å²) in [6.45, 7) is 3.39. The number of hydrogen-bond acceptors (Lipinski definition) is 5. The zero-order chi connectivity index (χ0) is 14.9. The van der Waals surface area contributed by atoms with Crippen LogP contribution in [-0.4, -0.2) is 12.0 Å². The van der Waals surface area contributed by atoms with Gasteiger partial charge in [0.2, 0.25) is 0 Å². The lowest BCUT2D eigenvalue weighted by Gasteiger charge is -2.11. The van der Waals surface area contributed by atoms with Crippen LogP contribution in [0, 0.1) is 24.0 Å². The monoisotopic (exact) mass is 275 g/mol. The second-order valence-corrected chi connectivity index (χ2v) is 4.31. The molecule has 2 rings (SSSR count). The minimum absolute atomic E-state index is 0.0205. The molecule has 6 nitrogen and oxygen atoms in total. The van der Waals surface area contributed by atoms with Gasteiger partial charge in [-0.05, 0) is 26.0 Å². The van der Waals surface area contributed by atoms with E-state index in [1.807, 2.05) is 0 Å². The van der Waals surface area contributed by atoms with E-state index in [0.29, 0.717) is 28.2 Å². The van der Waals surface area contributed by atoms with Gasteiger partial charge >= 0.3 is 5.63 Å². The average Bonchev–Trinajstić information content (AvgIpc) is 2.43. The molecule has 0 saturated heterocycles. The van der Waals surface area contributed by atoms with Crippen LogP contribution < -0.4 is 10.4 Å². The highest BCUT2D eigenvalue weighted by molar-refractivity contribution is 5.65. The molecule has 0 bridgehead atoms. The van der Waals surface area contributed by atoms with E-state index in [1.54, 1.807) is 13.8 Å². The Morgan fingerprint density at radius 2 is 1.75 bits per heavy atom. The van der Waals surface area contributed by atoms with Crippen molar-refractivity contribution < 1.29 is 14.1 Å². The van der Waals surface area contributed by atoms with Crippen LogP contribution in [0.3, 0.4) is 0 Å². The van der Waals surface area contributed by atoms with Crippen LogP contribution in [0.4, 0.5) is 5.69 Å². The van der Waals surface area contributed by atoms with E-state index >= 15 is 0 Å². The number of rotatable bonds is 3. The molecule has 0 N–H and O–H groups in total. The van der Waals surface area contributed by atoms with Crippen molar-refractivity contribution in [1.29, 1.82) is 0 Å². The number of nitro groups is 1. The highest BCUT2D eigenvalue weighted by atomic mass is 16.6. The van der Waals surface area contributed by atoms with Gasteiger partial charge in [0.15, 0.2) is 0 Å². The molecule has 20 heavy (non-hydrogen) atoms. The molecule has 0 amide bonds. The first-order valence-corrected chi connectivity index (χ1v) is 5.88. The van der Waals surface area contributed by atoms with Gasteiger partial charge in [0.05, 0.1) is 17.6 Å². The first-order chi connectivity index (χ1) is 9.45. The van der Waals surface area contributed by atoms with Gasteiger partial charge in [-0.1, -0.05) is 0 Å². The molecule has 0 aliphatic rings. The Labute approximate surface area is 114 Å². The van der Waals surface area contributed by atoms with Crippen LogP contribution in [0.1, 0.15) is 11.1 Å². The van der Waals surface area contributed by atoms with Crippen molar-refractivity contribution in [3.63, 3.8) is 0 Å². The standard InChI is InChI=1S/C14H13NO5/c1-8-12(19-3)9(2)14(16)20-13(8)10-4-6-11(7-5-10)15(17)18/h4-7H,1-3H3. The first-order valence-electron chi connectivity index (χ1n) is 5.88. The van der Waals surface area contributed by atoms with E-state index < -0.39 is 10.5 Å². The maximum absolute atomic E-state index is 11.8. The third-order valence-corrected chi connectivity index (χ3v) is 3.07. The van der Waals surface area contributed by atoms with E-state index in [-0.39, 0.29) is 5.69 Å². The molecule has 1 aromatic carbocycles. The normalized spacial score (nSPS) is 10.3. The molecule has 2 aromatic rings. The summed E-state index contributed by atoms with van der Waals surface area (Å²) in [7, 11) is 1.48. The Morgan fingerprint density at radius 1 is 1.15 bits per heavy atom. The second kappa shape index (κ2) is 5.16. The molecular weight excluding hydrogens is 262 g/mol. The summed E-state index contributed by atoms with van der Waals surface area (Å²) < 4.78 is 10.5. The lowest BCUT2D eigenvalue weighted by molar-refractivity contribution is -0.384. The molecule has 0 aliphatic heterocycles. The number of nitro benzene ring substituents is 1. The van der Waals surface area contributed by atoms with Crippen molar-refractivity contribution in [1.82, 2.24) is 0 Å². The third kappa shape index (κ3) is 2.27. The van der Waals surface area contributed by atoms with Gasteiger partial charge in [-0.15, -0.1) is 0 Å². The predicted octanol–water partition coefficient (Wildman–Crippen LogP) is 2.84. The Bertz CT molecular complexity index is 716. The topological polar surface area (TPSA) is 82.6 Å². The van der Waals surface area contributed by atoms with Crippen LogP contribution in [0.15, 0.2) is 33.5 Å². The lowest BCUT2D eigenvalue weighted by Crippen LogP contribution is -2.08. The van der Waals surface area contributed by atoms with Crippen molar-refractivity contribution in [3.05, 3.63) is 55.9 Å². The zero-order valence-electron chi connectivity index (χ0n) is 11.3. The summed E-state index contributed by atoms with van der Waals surface area (Å²) in [5.74, 6) is 0.821. The quantitative estimate of drug-likeness (QED) is 0.635. The number of benzene rings is 1. The first kappa shape index (κ1) is 13.8. The van der Waals surface area contributed by atoms with Crippen LogP contribution >= 0.6 is 0 Å². The lowest BCUT2D eigenvalue weighted by atomic mass is 10.1. The number of nitrogens with zero attached hydrogens (tertiary/aromatic N) is 1. The second-order valence-electron chi connectivity index (χ2n) is 4.31. The molecule has 0 atom stereocenters. The maximum Gasteiger partial charge on any atom is 0.342 e. The average molecular weight is 275 g/mol. The molecular formula is C14H13NO5. The number of ether oxygens (including phenoxy) is 1. The van der Waals surface area contributed by atoms with Crippen molar-refractivity contribution in [2.75, 3.05) is 7.11 Å². The van der Waals surface area contributed by atoms with E-state index in [2.05, 4.69) is 0 Å². The molecule has 0 aliphatic carbocycles. The molecule has 0 spiro atoms. The molecule has 1 aromatic heterocycles. The number of non-ortho nitro benzene ring substituents is 1.